The molecular formula is C47H77N7O6. The van der Waals surface area contributed by atoms with Crippen LogP contribution in [0.15, 0.2) is 36.4 Å². The average molecular weight is 836 g/mol. The Bertz CT molecular complexity index is 1740. The van der Waals surface area contributed by atoms with Gasteiger partial charge in [-0.2, -0.15) is 5.06 Å². The van der Waals surface area contributed by atoms with Crippen LogP contribution in [-0.4, -0.2) is 138 Å². The quantitative estimate of drug-likeness (QED) is 0.134. The van der Waals surface area contributed by atoms with Crippen LogP contribution in [0.2, 0.25) is 0 Å². The van der Waals surface area contributed by atoms with E-state index in [-0.39, 0.29) is 48.2 Å². The summed E-state index contributed by atoms with van der Waals surface area (Å²) in [6.07, 6.45) is 0.727. The lowest BCUT2D eigenvalue weighted by Gasteiger charge is -2.53. The van der Waals surface area contributed by atoms with Crippen molar-refractivity contribution in [2.75, 3.05) is 80.5 Å². The Balaban J connectivity index is 1.69. The number of rotatable bonds is 21. The van der Waals surface area contributed by atoms with Crippen LogP contribution in [0.4, 0.5) is 5.69 Å². The highest BCUT2D eigenvalue weighted by Crippen LogP contribution is 2.54. The van der Waals surface area contributed by atoms with Crippen LogP contribution in [0.3, 0.4) is 0 Å². The minimum atomic E-state index is -0.914. The maximum absolute atomic E-state index is 14.4. The van der Waals surface area contributed by atoms with Crippen molar-refractivity contribution in [3.8, 4) is 16.9 Å². The van der Waals surface area contributed by atoms with Gasteiger partial charge < -0.3 is 40.5 Å². The fraction of sp³-hybridized carbons (Fsp3) is 0.681. The smallest absolute Gasteiger partial charge is 0.251 e. The van der Waals surface area contributed by atoms with Gasteiger partial charge in [0.2, 0.25) is 11.8 Å². The fourth-order valence-electron chi connectivity index (χ4n) is 9.15. The molecule has 336 valence electrons. The Labute approximate surface area is 360 Å². The first-order valence-corrected chi connectivity index (χ1v) is 21.9. The van der Waals surface area contributed by atoms with Gasteiger partial charge in [0.25, 0.3) is 5.91 Å². The number of aliphatic hydroxyl groups is 1. The molecule has 2 aromatic carbocycles. The molecule has 1 unspecified atom stereocenters. The molecule has 2 fully saturated rings. The van der Waals surface area contributed by atoms with E-state index in [1.807, 2.05) is 88.5 Å². The molecule has 0 spiro atoms. The molecule has 0 bridgehead atoms. The van der Waals surface area contributed by atoms with Gasteiger partial charge >= 0.3 is 0 Å². The SMILES string of the molecule is COc1c(CN2O[C@@H](CNC(=O)CCN(C)C)[C@@H]([C@H](C)O)[C@H]2C(=O)NC[C@@H](C)[C@H]2C[C@@H](C)C2(C)C)cccc1-c1cc(C(=O)NC(CC(C)C)CN(C)C)cc(N(C)C)c1. The van der Waals surface area contributed by atoms with Crippen LogP contribution in [0, 0.1) is 35.0 Å². The number of hydrogen-bond donors (Lipinski definition) is 4. The lowest BCUT2D eigenvalue weighted by atomic mass is 9.52. The van der Waals surface area contributed by atoms with E-state index in [1.54, 1.807) is 19.1 Å². The summed E-state index contributed by atoms with van der Waals surface area (Å²) in [6, 6.07) is 10.8. The topological polar surface area (TPSA) is 139 Å². The summed E-state index contributed by atoms with van der Waals surface area (Å²) in [6.45, 7) is 17.2. The lowest BCUT2D eigenvalue weighted by Crippen LogP contribution is -2.52. The van der Waals surface area contributed by atoms with Crippen LogP contribution in [0.1, 0.15) is 83.7 Å². The molecule has 3 amide bonds. The van der Waals surface area contributed by atoms with E-state index >= 15 is 0 Å². The minimum Gasteiger partial charge on any atom is -0.496 e. The van der Waals surface area contributed by atoms with Crippen LogP contribution >= 0.6 is 0 Å². The molecule has 1 heterocycles. The number of amides is 3. The van der Waals surface area contributed by atoms with E-state index in [0.29, 0.717) is 48.6 Å². The summed E-state index contributed by atoms with van der Waals surface area (Å²) in [4.78, 5) is 53.8. The van der Waals surface area contributed by atoms with Crippen molar-refractivity contribution < 1.29 is 29.1 Å². The molecular weight excluding hydrogens is 759 g/mol. The number of ether oxygens (including phenoxy) is 1. The molecule has 1 saturated heterocycles. The van der Waals surface area contributed by atoms with Crippen LogP contribution in [0.5, 0.6) is 5.75 Å². The van der Waals surface area contributed by atoms with Crippen molar-refractivity contribution in [2.45, 2.75) is 98.6 Å². The second-order valence-corrected chi connectivity index (χ2v) is 19.3. The third-order valence-corrected chi connectivity index (χ3v) is 12.9. The molecule has 13 nitrogen and oxygen atoms in total. The number of nitrogens with one attached hydrogen (secondary N) is 3. The van der Waals surface area contributed by atoms with Gasteiger partial charge in [0, 0.05) is 81.0 Å². The van der Waals surface area contributed by atoms with Crippen LogP contribution < -0.4 is 25.6 Å². The number of benzene rings is 2. The van der Waals surface area contributed by atoms with Gasteiger partial charge in [-0.25, -0.2) is 0 Å². The zero-order valence-electron chi connectivity index (χ0n) is 39.1. The predicted molar refractivity (Wildman–Crippen MR) is 241 cm³/mol. The first-order valence-electron chi connectivity index (χ1n) is 21.9. The highest BCUT2D eigenvalue weighted by atomic mass is 16.7. The van der Waals surface area contributed by atoms with E-state index in [4.69, 9.17) is 9.57 Å². The number of likely N-dealkylation sites (N-methyl/N-ethyl adjacent to an activating group) is 1. The van der Waals surface area contributed by atoms with Crippen molar-refractivity contribution >= 4 is 23.4 Å². The summed E-state index contributed by atoms with van der Waals surface area (Å²) in [5.74, 6) is 1.26. The Morgan fingerprint density at radius 1 is 1.00 bits per heavy atom. The Kier molecular flexibility index (Phi) is 17.4. The van der Waals surface area contributed by atoms with Gasteiger partial charge in [-0.3, -0.25) is 19.2 Å². The molecule has 0 radical (unpaired) electrons. The number of aliphatic hydroxyl groups excluding tert-OH is 1. The largest absolute Gasteiger partial charge is 0.496 e. The summed E-state index contributed by atoms with van der Waals surface area (Å²) in [5.41, 5.74) is 3.95. The molecule has 1 aliphatic heterocycles. The normalized spacial score (nSPS) is 22.9. The van der Waals surface area contributed by atoms with Crippen molar-refractivity contribution in [1.29, 1.82) is 0 Å². The van der Waals surface area contributed by atoms with E-state index in [2.05, 4.69) is 62.4 Å². The van der Waals surface area contributed by atoms with E-state index in [0.717, 1.165) is 41.8 Å². The molecule has 2 aliphatic rings. The molecule has 2 aromatic rings. The van der Waals surface area contributed by atoms with Gasteiger partial charge in [-0.15, -0.1) is 0 Å². The Hall–Kier alpha value is -3.75. The highest BCUT2D eigenvalue weighted by Gasteiger charge is 2.51. The summed E-state index contributed by atoms with van der Waals surface area (Å²) in [5, 5.41) is 22.4. The number of carbonyl (C=O) groups is 3. The maximum atomic E-state index is 14.4. The fourth-order valence-corrected chi connectivity index (χ4v) is 9.15. The van der Waals surface area contributed by atoms with E-state index in [9.17, 15) is 19.5 Å². The second-order valence-electron chi connectivity index (χ2n) is 19.3. The van der Waals surface area contributed by atoms with E-state index in [1.165, 1.54) is 0 Å². The number of carbonyl (C=O) groups excluding carboxylic acids is 3. The van der Waals surface area contributed by atoms with E-state index < -0.39 is 24.2 Å². The number of anilines is 1. The standard InChI is InChI=1S/C47H77N7O6/c1-29(2)20-36(28-52(10)11)50-45(57)35-22-34(23-37(24-35)53(12)13)38-17-15-16-33(44(38)59-14)27-54-43(46(58)49-25-30(3)39-21-31(4)47(39,6)7)42(32(5)55)40(60-54)26-48-41(56)18-19-51(8)9/h15-17,22-24,29-32,36,39-40,42-43,55H,18-21,25-28H2,1-14H3,(H,48,56)(H,49,58)(H,50,57)/t30-,31-,32+,36?,39-,40+,42-,43+/m1/s1. The average Bonchev–Trinajstić information content (AvgIpc) is 3.54. The summed E-state index contributed by atoms with van der Waals surface area (Å²) in [7, 11) is 13.4. The zero-order chi connectivity index (χ0) is 44.6. The zero-order valence-corrected chi connectivity index (χ0v) is 39.1. The predicted octanol–water partition coefficient (Wildman–Crippen LogP) is 5.12. The molecule has 4 N–H and O–H groups in total. The van der Waals surface area contributed by atoms with Gasteiger partial charge in [-0.05, 0) is 101 Å². The van der Waals surface area contributed by atoms with Crippen molar-refractivity contribution in [1.82, 2.24) is 30.8 Å². The number of nitrogens with zero attached hydrogens (tertiary/aromatic N) is 4. The lowest BCUT2D eigenvalue weighted by molar-refractivity contribution is -0.175. The monoisotopic (exact) mass is 836 g/mol. The Morgan fingerprint density at radius 3 is 2.27 bits per heavy atom. The summed E-state index contributed by atoms with van der Waals surface area (Å²) >= 11 is 0. The molecule has 8 atom stereocenters. The van der Waals surface area contributed by atoms with Crippen molar-refractivity contribution in [2.24, 2.45) is 35.0 Å². The van der Waals surface area contributed by atoms with Gasteiger partial charge in [0.05, 0.1) is 19.8 Å². The third-order valence-electron chi connectivity index (χ3n) is 12.9. The molecule has 1 saturated carbocycles. The first kappa shape index (κ1) is 48.9. The molecule has 60 heavy (non-hydrogen) atoms. The number of hydrogen-bond acceptors (Lipinski definition) is 10. The highest BCUT2D eigenvalue weighted by molar-refractivity contribution is 5.97. The molecule has 0 aromatic heterocycles. The van der Waals surface area contributed by atoms with Gasteiger partial charge in [0.1, 0.15) is 17.9 Å². The number of para-hydroxylation sites is 1. The Morgan fingerprint density at radius 2 is 1.70 bits per heavy atom. The van der Waals surface area contributed by atoms with Crippen molar-refractivity contribution in [3.63, 3.8) is 0 Å². The van der Waals surface area contributed by atoms with Crippen LogP contribution in [0.25, 0.3) is 11.1 Å². The van der Waals surface area contributed by atoms with Gasteiger partial charge in [-0.1, -0.05) is 59.7 Å². The third kappa shape index (κ3) is 12.4. The minimum absolute atomic E-state index is 0.0138. The van der Waals surface area contributed by atoms with Crippen molar-refractivity contribution in [3.05, 3.63) is 47.5 Å². The number of methoxy groups -OCH3 is 1. The molecule has 4 rings (SSSR count). The summed E-state index contributed by atoms with van der Waals surface area (Å²) < 4.78 is 6.16. The van der Waals surface area contributed by atoms with Gasteiger partial charge in [0.15, 0.2) is 0 Å². The molecule has 13 heteroatoms. The van der Waals surface area contributed by atoms with Crippen LogP contribution in [-0.2, 0) is 21.0 Å². The second kappa shape index (κ2) is 21.4. The maximum Gasteiger partial charge on any atom is 0.251 e. The first-order chi connectivity index (χ1) is 28.1. The number of hydroxylamine groups is 2. The molecule has 1 aliphatic carbocycles.